The first-order chi connectivity index (χ1) is 8.36. The number of aromatic nitrogens is 2. The average molecular weight is 309 g/mol. The molecule has 4 heteroatoms. The van der Waals surface area contributed by atoms with Gasteiger partial charge in [0.15, 0.2) is 0 Å². The van der Waals surface area contributed by atoms with Crippen molar-refractivity contribution in [3.63, 3.8) is 0 Å². The minimum atomic E-state index is -0.0400. The van der Waals surface area contributed by atoms with E-state index in [1.54, 1.807) is 10.7 Å². The molecule has 0 aliphatic heterocycles. The molecule has 1 aromatic heterocycles. The zero-order chi connectivity index (χ0) is 13.3. The van der Waals surface area contributed by atoms with Gasteiger partial charge in [0, 0.05) is 21.6 Å². The maximum absolute atomic E-state index is 11.9. The number of rotatable bonds is 2. The molecule has 0 saturated heterocycles. The van der Waals surface area contributed by atoms with E-state index in [2.05, 4.69) is 41.8 Å². The minimum absolute atomic E-state index is 0.0138. The SMILES string of the molecule is CC(C)(C)c1cc(=O)n(Cc2cccc(Br)c2)[nH]1. The van der Waals surface area contributed by atoms with Crippen LogP contribution < -0.4 is 5.56 Å². The topological polar surface area (TPSA) is 37.8 Å². The number of hydrogen-bond acceptors (Lipinski definition) is 1. The highest BCUT2D eigenvalue weighted by molar-refractivity contribution is 9.10. The van der Waals surface area contributed by atoms with Crippen LogP contribution in [0.15, 0.2) is 39.6 Å². The van der Waals surface area contributed by atoms with E-state index in [4.69, 9.17) is 0 Å². The van der Waals surface area contributed by atoms with Crippen molar-refractivity contribution < 1.29 is 0 Å². The second-order valence-electron chi connectivity index (χ2n) is 5.47. The van der Waals surface area contributed by atoms with Gasteiger partial charge in [0.05, 0.1) is 6.54 Å². The van der Waals surface area contributed by atoms with Crippen LogP contribution in [0.3, 0.4) is 0 Å². The molecule has 0 atom stereocenters. The summed E-state index contributed by atoms with van der Waals surface area (Å²) in [6, 6.07) is 9.65. The van der Waals surface area contributed by atoms with Crippen molar-refractivity contribution in [3.8, 4) is 0 Å². The van der Waals surface area contributed by atoms with E-state index in [-0.39, 0.29) is 11.0 Å². The summed E-state index contributed by atoms with van der Waals surface area (Å²) < 4.78 is 2.66. The van der Waals surface area contributed by atoms with Crippen LogP contribution in [0.1, 0.15) is 32.0 Å². The number of halogens is 1. The van der Waals surface area contributed by atoms with Gasteiger partial charge in [-0.1, -0.05) is 48.8 Å². The fourth-order valence-corrected chi connectivity index (χ4v) is 2.20. The molecule has 1 aromatic carbocycles. The predicted molar refractivity (Wildman–Crippen MR) is 77.0 cm³/mol. The van der Waals surface area contributed by atoms with Gasteiger partial charge in [0.2, 0.25) is 0 Å². The van der Waals surface area contributed by atoms with E-state index in [1.807, 2.05) is 24.3 Å². The highest BCUT2D eigenvalue weighted by atomic mass is 79.9. The molecule has 1 N–H and O–H groups in total. The first kappa shape index (κ1) is 13.1. The Hall–Kier alpha value is -1.29. The van der Waals surface area contributed by atoms with E-state index < -0.39 is 0 Å². The van der Waals surface area contributed by atoms with Crippen LogP contribution in [0.4, 0.5) is 0 Å². The van der Waals surface area contributed by atoms with Gasteiger partial charge in [0.1, 0.15) is 0 Å². The maximum Gasteiger partial charge on any atom is 0.267 e. The van der Waals surface area contributed by atoms with Crippen molar-refractivity contribution in [2.45, 2.75) is 32.7 Å². The van der Waals surface area contributed by atoms with E-state index in [1.165, 1.54) is 0 Å². The third-order valence-corrected chi connectivity index (χ3v) is 3.32. The van der Waals surface area contributed by atoms with Gasteiger partial charge in [-0.2, -0.15) is 0 Å². The molecule has 0 aliphatic rings. The molecule has 0 bridgehead atoms. The molecule has 0 radical (unpaired) electrons. The molecule has 2 rings (SSSR count). The summed E-state index contributed by atoms with van der Waals surface area (Å²) >= 11 is 3.43. The van der Waals surface area contributed by atoms with Crippen molar-refractivity contribution in [1.29, 1.82) is 0 Å². The average Bonchev–Trinajstić information content (AvgIpc) is 2.60. The molecular weight excluding hydrogens is 292 g/mol. The molecule has 0 unspecified atom stereocenters. The Labute approximate surface area is 115 Å². The van der Waals surface area contributed by atoms with Crippen LogP contribution in [0, 0.1) is 0 Å². The van der Waals surface area contributed by atoms with Gasteiger partial charge < -0.3 is 0 Å². The Morgan fingerprint density at radius 3 is 2.56 bits per heavy atom. The highest BCUT2D eigenvalue weighted by Gasteiger charge is 2.17. The Bertz CT molecular complexity index is 605. The van der Waals surface area contributed by atoms with Gasteiger partial charge in [-0.15, -0.1) is 0 Å². The van der Waals surface area contributed by atoms with E-state index in [0.717, 1.165) is 15.7 Å². The smallest absolute Gasteiger partial charge is 0.267 e. The summed E-state index contributed by atoms with van der Waals surface area (Å²) in [5, 5.41) is 3.18. The third-order valence-electron chi connectivity index (χ3n) is 2.83. The van der Waals surface area contributed by atoms with E-state index in [9.17, 15) is 4.79 Å². The predicted octanol–water partition coefficient (Wildman–Crippen LogP) is 3.28. The molecule has 2 aromatic rings. The van der Waals surface area contributed by atoms with Gasteiger partial charge >= 0.3 is 0 Å². The molecule has 0 spiro atoms. The second-order valence-corrected chi connectivity index (χ2v) is 6.39. The Morgan fingerprint density at radius 2 is 2.00 bits per heavy atom. The monoisotopic (exact) mass is 308 g/mol. The van der Waals surface area contributed by atoms with Crippen LogP contribution in [0.5, 0.6) is 0 Å². The summed E-state index contributed by atoms with van der Waals surface area (Å²) in [5.41, 5.74) is 2.03. The summed E-state index contributed by atoms with van der Waals surface area (Å²) in [7, 11) is 0. The van der Waals surface area contributed by atoms with Crippen LogP contribution in [0.2, 0.25) is 0 Å². The summed E-state index contributed by atoms with van der Waals surface area (Å²) in [5.74, 6) is 0. The zero-order valence-corrected chi connectivity index (χ0v) is 12.4. The number of nitrogens with zero attached hydrogens (tertiary/aromatic N) is 1. The zero-order valence-electron chi connectivity index (χ0n) is 10.8. The van der Waals surface area contributed by atoms with Gasteiger partial charge in [-0.05, 0) is 17.7 Å². The number of nitrogens with one attached hydrogen (secondary N) is 1. The first-order valence-electron chi connectivity index (χ1n) is 5.91. The lowest BCUT2D eigenvalue weighted by molar-refractivity contribution is 0.543. The third kappa shape index (κ3) is 2.93. The van der Waals surface area contributed by atoms with Crippen molar-refractivity contribution >= 4 is 15.9 Å². The van der Waals surface area contributed by atoms with Crippen molar-refractivity contribution in [3.05, 3.63) is 56.4 Å². The normalized spacial score (nSPS) is 11.8. The summed E-state index contributed by atoms with van der Waals surface area (Å²) in [6.07, 6.45) is 0. The highest BCUT2D eigenvalue weighted by Crippen LogP contribution is 2.18. The van der Waals surface area contributed by atoms with Gasteiger partial charge in [0.25, 0.3) is 5.56 Å². The molecule has 1 heterocycles. The fraction of sp³-hybridized carbons (Fsp3) is 0.357. The lowest BCUT2D eigenvalue weighted by Crippen LogP contribution is -2.17. The van der Waals surface area contributed by atoms with Crippen molar-refractivity contribution in [2.24, 2.45) is 0 Å². The summed E-state index contributed by atoms with van der Waals surface area (Å²) in [4.78, 5) is 11.9. The van der Waals surface area contributed by atoms with Gasteiger partial charge in [-0.25, -0.2) is 4.68 Å². The molecule has 3 nitrogen and oxygen atoms in total. The van der Waals surface area contributed by atoms with E-state index >= 15 is 0 Å². The number of hydrogen-bond donors (Lipinski definition) is 1. The quantitative estimate of drug-likeness (QED) is 0.908. The molecule has 0 aliphatic carbocycles. The number of benzene rings is 1. The Balaban J connectivity index is 2.30. The standard InChI is InChI=1S/C14H17BrN2O/c1-14(2,3)12-8-13(18)17(16-12)9-10-5-4-6-11(15)7-10/h4-8,16H,9H2,1-3H3. The lowest BCUT2D eigenvalue weighted by atomic mass is 9.93. The number of aromatic amines is 1. The maximum atomic E-state index is 11.9. The molecule has 18 heavy (non-hydrogen) atoms. The molecule has 0 saturated carbocycles. The molecule has 96 valence electrons. The molecule has 0 fully saturated rings. The molecule has 0 amide bonds. The fourth-order valence-electron chi connectivity index (χ4n) is 1.75. The largest absolute Gasteiger partial charge is 0.299 e. The number of H-pyrrole nitrogens is 1. The van der Waals surface area contributed by atoms with Crippen LogP contribution in [-0.2, 0) is 12.0 Å². The molecular formula is C14H17BrN2O. The minimum Gasteiger partial charge on any atom is -0.299 e. The summed E-state index contributed by atoms with van der Waals surface area (Å²) in [6.45, 7) is 6.82. The van der Waals surface area contributed by atoms with Crippen LogP contribution in [-0.4, -0.2) is 9.78 Å². The van der Waals surface area contributed by atoms with Crippen LogP contribution >= 0.6 is 15.9 Å². The van der Waals surface area contributed by atoms with E-state index in [0.29, 0.717) is 6.54 Å². The van der Waals surface area contributed by atoms with Gasteiger partial charge in [-0.3, -0.25) is 9.89 Å². The van der Waals surface area contributed by atoms with Crippen LogP contribution in [0.25, 0.3) is 0 Å². The van der Waals surface area contributed by atoms with Crippen molar-refractivity contribution in [1.82, 2.24) is 9.78 Å². The second kappa shape index (κ2) is 4.76. The Kier molecular flexibility index (Phi) is 3.48. The Morgan fingerprint density at radius 1 is 1.28 bits per heavy atom. The lowest BCUT2D eigenvalue weighted by Gasteiger charge is -2.15. The first-order valence-corrected chi connectivity index (χ1v) is 6.70. The van der Waals surface area contributed by atoms with Crippen molar-refractivity contribution in [2.75, 3.05) is 0 Å².